The van der Waals surface area contributed by atoms with Crippen molar-refractivity contribution in [3.8, 4) is 0 Å². The standard InChI is InChI=1S/C21H23F3N4/c1-15-12-19(21(22,23)24)28-20(25-15)13-18(26-28)17-9-11-27(14-17)10-5-8-16-6-3-2-4-7-16/h2-4,6-7,12-13,17H,5,8-11,14H2,1H3/t17-/m1/s1. The molecule has 4 nitrogen and oxygen atoms in total. The van der Waals surface area contributed by atoms with E-state index in [-0.39, 0.29) is 11.6 Å². The van der Waals surface area contributed by atoms with Crippen molar-refractivity contribution >= 4 is 5.65 Å². The Balaban J connectivity index is 1.43. The Morgan fingerprint density at radius 1 is 1.14 bits per heavy atom. The van der Waals surface area contributed by atoms with Crippen molar-refractivity contribution < 1.29 is 13.2 Å². The van der Waals surface area contributed by atoms with E-state index in [1.165, 1.54) is 5.56 Å². The van der Waals surface area contributed by atoms with E-state index in [2.05, 4.69) is 39.2 Å². The smallest absolute Gasteiger partial charge is 0.303 e. The molecule has 2 aromatic heterocycles. The Bertz CT molecular complexity index is 949. The molecule has 1 aromatic carbocycles. The summed E-state index contributed by atoms with van der Waals surface area (Å²) in [6.07, 6.45) is -1.43. The maximum atomic E-state index is 13.3. The molecule has 1 saturated heterocycles. The van der Waals surface area contributed by atoms with Gasteiger partial charge in [0.2, 0.25) is 0 Å². The van der Waals surface area contributed by atoms with Gasteiger partial charge in [-0.1, -0.05) is 30.3 Å². The van der Waals surface area contributed by atoms with Crippen molar-refractivity contribution in [2.75, 3.05) is 19.6 Å². The first-order chi connectivity index (χ1) is 13.4. The monoisotopic (exact) mass is 388 g/mol. The molecule has 3 aromatic rings. The van der Waals surface area contributed by atoms with Crippen molar-refractivity contribution in [3.05, 3.63) is 65.1 Å². The molecule has 0 unspecified atom stereocenters. The van der Waals surface area contributed by atoms with Gasteiger partial charge in [0.05, 0.1) is 5.69 Å². The largest absolute Gasteiger partial charge is 0.433 e. The molecular weight excluding hydrogens is 365 g/mol. The van der Waals surface area contributed by atoms with Crippen LogP contribution in [0.3, 0.4) is 0 Å². The number of fused-ring (bicyclic) bond motifs is 1. The molecule has 0 spiro atoms. The molecule has 0 N–H and O–H groups in total. The minimum Gasteiger partial charge on any atom is -0.303 e. The molecule has 0 aliphatic carbocycles. The van der Waals surface area contributed by atoms with Gasteiger partial charge >= 0.3 is 6.18 Å². The van der Waals surface area contributed by atoms with Crippen LogP contribution in [0.2, 0.25) is 0 Å². The summed E-state index contributed by atoms with van der Waals surface area (Å²) in [5.41, 5.74) is 1.89. The summed E-state index contributed by atoms with van der Waals surface area (Å²) in [6.45, 7) is 4.35. The Morgan fingerprint density at radius 2 is 1.93 bits per heavy atom. The molecule has 28 heavy (non-hydrogen) atoms. The lowest BCUT2D eigenvalue weighted by molar-refractivity contribution is -0.142. The van der Waals surface area contributed by atoms with E-state index >= 15 is 0 Å². The maximum absolute atomic E-state index is 13.3. The highest BCUT2D eigenvalue weighted by atomic mass is 19.4. The number of benzene rings is 1. The molecule has 3 heterocycles. The molecule has 1 fully saturated rings. The van der Waals surface area contributed by atoms with Crippen LogP contribution in [0.15, 0.2) is 42.5 Å². The third kappa shape index (κ3) is 4.04. The highest BCUT2D eigenvalue weighted by molar-refractivity contribution is 5.43. The average Bonchev–Trinajstić information content (AvgIpc) is 3.27. The van der Waals surface area contributed by atoms with Crippen molar-refractivity contribution in [2.45, 2.75) is 38.3 Å². The fraction of sp³-hybridized carbons (Fsp3) is 0.429. The van der Waals surface area contributed by atoms with Crippen LogP contribution in [0, 0.1) is 6.92 Å². The van der Waals surface area contributed by atoms with Gasteiger partial charge in [-0.25, -0.2) is 9.50 Å². The molecule has 1 atom stereocenters. The first kappa shape index (κ1) is 18.9. The minimum atomic E-state index is -4.45. The molecule has 0 saturated carbocycles. The summed E-state index contributed by atoms with van der Waals surface area (Å²) in [7, 11) is 0. The first-order valence-electron chi connectivity index (χ1n) is 9.61. The number of hydrogen-bond donors (Lipinski definition) is 0. The van der Waals surface area contributed by atoms with Crippen LogP contribution in [-0.4, -0.2) is 39.1 Å². The molecular formula is C21H23F3N4. The van der Waals surface area contributed by atoms with Crippen molar-refractivity contribution in [2.24, 2.45) is 0 Å². The Hall–Kier alpha value is -2.41. The molecule has 7 heteroatoms. The maximum Gasteiger partial charge on any atom is 0.433 e. The zero-order chi connectivity index (χ0) is 19.7. The van der Waals surface area contributed by atoms with E-state index in [0.29, 0.717) is 11.4 Å². The fourth-order valence-electron chi connectivity index (χ4n) is 3.95. The third-order valence-corrected chi connectivity index (χ3v) is 5.34. The zero-order valence-corrected chi connectivity index (χ0v) is 15.8. The van der Waals surface area contributed by atoms with Crippen molar-refractivity contribution in [3.63, 3.8) is 0 Å². The Kier molecular flexibility index (Phi) is 5.10. The third-order valence-electron chi connectivity index (χ3n) is 5.34. The van der Waals surface area contributed by atoms with E-state index in [0.717, 1.165) is 49.5 Å². The van der Waals surface area contributed by atoms with Gasteiger partial charge in [-0.2, -0.15) is 18.3 Å². The molecule has 0 bridgehead atoms. The van der Waals surface area contributed by atoms with Gasteiger partial charge in [0.25, 0.3) is 0 Å². The predicted octanol–water partition coefficient (Wildman–Crippen LogP) is 4.48. The number of nitrogens with zero attached hydrogens (tertiary/aromatic N) is 4. The average molecular weight is 388 g/mol. The van der Waals surface area contributed by atoms with E-state index < -0.39 is 11.9 Å². The summed E-state index contributed by atoms with van der Waals surface area (Å²) in [5, 5.41) is 4.27. The van der Waals surface area contributed by atoms with E-state index in [1.54, 1.807) is 13.0 Å². The summed E-state index contributed by atoms with van der Waals surface area (Å²) in [5.74, 6) is 0.153. The highest BCUT2D eigenvalue weighted by Crippen LogP contribution is 2.32. The topological polar surface area (TPSA) is 33.4 Å². The van der Waals surface area contributed by atoms with Crippen LogP contribution in [0.5, 0.6) is 0 Å². The molecule has 148 valence electrons. The summed E-state index contributed by atoms with van der Waals surface area (Å²) in [4.78, 5) is 6.61. The molecule has 0 radical (unpaired) electrons. The summed E-state index contributed by atoms with van der Waals surface area (Å²) < 4.78 is 40.9. The van der Waals surface area contributed by atoms with Crippen LogP contribution < -0.4 is 0 Å². The van der Waals surface area contributed by atoms with Gasteiger partial charge in [0, 0.05) is 24.2 Å². The number of halogens is 3. The van der Waals surface area contributed by atoms with Gasteiger partial charge in [-0.05, 0) is 50.9 Å². The van der Waals surface area contributed by atoms with E-state index in [4.69, 9.17) is 0 Å². The first-order valence-corrected chi connectivity index (χ1v) is 9.61. The summed E-state index contributed by atoms with van der Waals surface area (Å²) in [6, 6.07) is 13.1. The number of alkyl halides is 3. The van der Waals surface area contributed by atoms with Gasteiger partial charge in [-0.15, -0.1) is 0 Å². The number of rotatable bonds is 5. The van der Waals surface area contributed by atoms with Gasteiger partial charge < -0.3 is 4.90 Å². The lowest BCUT2D eigenvalue weighted by Crippen LogP contribution is -2.22. The Labute approximate surface area is 162 Å². The van der Waals surface area contributed by atoms with Crippen molar-refractivity contribution in [1.29, 1.82) is 0 Å². The van der Waals surface area contributed by atoms with Gasteiger partial charge in [0.1, 0.15) is 5.69 Å². The predicted molar refractivity (Wildman–Crippen MR) is 101 cm³/mol. The normalized spacial score (nSPS) is 18.2. The molecule has 1 aliphatic heterocycles. The Morgan fingerprint density at radius 3 is 2.68 bits per heavy atom. The molecule has 0 amide bonds. The minimum absolute atomic E-state index is 0.153. The fourth-order valence-corrected chi connectivity index (χ4v) is 3.95. The van der Waals surface area contributed by atoms with Crippen LogP contribution in [-0.2, 0) is 12.6 Å². The van der Waals surface area contributed by atoms with Crippen molar-refractivity contribution in [1.82, 2.24) is 19.5 Å². The van der Waals surface area contributed by atoms with E-state index in [1.807, 2.05) is 6.07 Å². The number of aryl methyl sites for hydroxylation is 2. The van der Waals surface area contributed by atoms with Crippen LogP contribution in [0.1, 0.15) is 41.4 Å². The SMILES string of the molecule is Cc1cc(C(F)(F)F)n2nc([C@@H]3CCN(CCCc4ccccc4)C3)cc2n1. The van der Waals surface area contributed by atoms with Gasteiger partial charge in [-0.3, -0.25) is 0 Å². The zero-order valence-electron chi connectivity index (χ0n) is 15.8. The summed E-state index contributed by atoms with van der Waals surface area (Å²) >= 11 is 0. The van der Waals surface area contributed by atoms with Crippen LogP contribution >= 0.6 is 0 Å². The number of likely N-dealkylation sites (tertiary alicyclic amines) is 1. The molecule has 1 aliphatic rings. The van der Waals surface area contributed by atoms with Crippen LogP contribution in [0.25, 0.3) is 5.65 Å². The lowest BCUT2D eigenvalue weighted by atomic mass is 10.1. The second kappa shape index (κ2) is 7.54. The highest BCUT2D eigenvalue weighted by Gasteiger charge is 2.35. The number of hydrogen-bond acceptors (Lipinski definition) is 3. The van der Waals surface area contributed by atoms with Crippen LogP contribution in [0.4, 0.5) is 13.2 Å². The van der Waals surface area contributed by atoms with Gasteiger partial charge in [0.15, 0.2) is 5.65 Å². The lowest BCUT2D eigenvalue weighted by Gasteiger charge is -2.15. The quantitative estimate of drug-likeness (QED) is 0.646. The molecule has 4 rings (SSSR count). The second-order valence-corrected chi connectivity index (χ2v) is 7.50. The van der Waals surface area contributed by atoms with E-state index in [9.17, 15) is 13.2 Å². The number of aromatic nitrogens is 3. The second-order valence-electron chi connectivity index (χ2n) is 7.50.